The van der Waals surface area contributed by atoms with E-state index in [9.17, 15) is 0 Å². The third-order valence-electron chi connectivity index (χ3n) is 4.08. The van der Waals surface area contributed by atoms with Crippen molar-refractivity contribution in [3.63, 3.8) is 0 Å². The van der Waals surface area contributed by atoms with Crippen molar-refractivity contribution in [3.05, 3.63) is 41.0 Å². The van der Waals surface area contributed by atoms with Gasteiger partial charge in [-0.15, -0.1) is 0 Å². The molecule has 2 aliphatic heterocycles. The first-order valence-electron chi connectivity index (χ1n) is 6.34. The summed E-state index contributed by atoms with van der Waals surface area (Å²) in [7, 11) is 0. The lowest BCUT2D eigenvalue weighted by Gasteiger charge is -2.37. The Morgan fingerprint density at radius 1 is 1.47 bits per heavy atom. The van der Waals surface area contributed by atoms with E-state index in [4.69, 9.17) is 4.74 Å². The molecule has 2 heteroatoms. The summed E-state index contributed by atoms with van der Waals surface area (Å²) in [6, 6.07) is 6.60. The number of hydrogen-bond acceptors (Lipinski definition) is 2. The minimum atomic E-state index is -0.0123. The molecular weight excluding hydrogens is 210 g/mol. The van der Waals surface area contributed by atoms with Crippen molar-refractivity contribution in [1.82, 2.24) is 5.32 Å². The molecule has 1 saturated heterocycles. The maximum Gasteiger partial charge on any atom is 0.0863 e. The standard InChI is InChI=1S/C15H19NO/c1-3-5-11-6-4-7-12-13(11)9-17-15(2)10-16-8-14(12)15/h3-7,14,16H,8-10H2,1-2H3/t14-,15-/m1/s1. The first kappa shape index (κ1) is 11.0. The highest BCUT2D eigenvalue weighted by molar-refractivity contribution is 5.57. The molecule has 2 heterocycles. The molecule has 0 aromatic heterocycles. The van der Waals surface area contributed by atoms with Crippen LogP contribution in [0.15, 0.2) is 24.3 Å². The van der Waals surface area contributed by atoms with Gasteiger partial charge in [-0.1, -0.05) is 30.4 Å². The lowest BCUT2D eigenvalue weighted by molar-refractivity contribution is -0.0518. The largest absolute Gasteiger partial charge is 0.369 e. The number of hydrogen-bond donors (Lipinski definition) is 1. The summed E-state index contributed by atoms with van der Waals surface area (Å²) in [5, 5.41) is 3.45. The van der Waals surface area contributed by atoms with Crippen molar-refractivity contribution in [2.45, 2.75) is 32.0 Å². The van der Waals surface area contributed by atoms with E-state index in [1.807, 2.05) is 0 Å². The topological polar surface area (TPSA) is 21.3 Å². The second-order valence-electron chi connectivity index (χ2n) is 5.20. The van der Waals surface area contributed by atoms with Crippen LogP contribution in [0.25, 0.3) is 6.08 Å². The van der Waals surface area contributed by atoms with Gasteiger partial charge in [0.15, 0.2) is 0 Å². The van der Waals surface area contributed by atoms with Crippen LogP contribution in [0.5, 0.6) is 0 Å². The summed E-state index contributed by atoms with van der Waals surface area (Å²) < 4.78 is 6.11. The van der Waals surface area contributed by atoms with Gasteiger partial charge in [-0.3, -0.25) is 0 Å². The van der Waals surface area contributed by atoms with Crippen LogP contribution in [-0.2, 0) is 11.3 Å². The minimum absolute atomic E-state index is 0.0123. The first-order chi connectivity index (χ1) is 8.24. The molecule has 2 aliphatic rings. The van der Waals surface area contributed by atoms with E-state index in [1.54, 1.807) is 0 Å². The summed E-state index contributed by atoms with van der Waals surface area (Å²) in [4.78, 5) is 0. The van der Waals surface area contributed by atoms with Crippen molar-refractivity contribution in [2.75, 3.05) is 13.1 Å². The molecule has 0 spiro atoms. The fraction of sp³-hybridized carbons (Fsp3) is 0.467. The summed E-state index contributed by atoms with van der Waals surface area (Å²) in [5.74, 6) is 0.497. The zero-order valence-corrected chi connectivity index (χ0v) is 10.5. The van der Waals surface area contributed by atoms with Gasteiger partial charge in [0.2, 0.25) is 0 Å². The van der Waals surface area contributed by atoms with Gasteiger partial charge in [0.1, 0.15) is 0 Å². The number of fused-ring (bicyclic) bond motifs is 3. The second kappa shape index (κ2) is 3.97. The third-order valence-corrected chi connectivity index (χ3v) is 4.08. The highest BCUT2D eigenvalue weighted by Crippen LogP contribution is 2.42. The molecule has 0 radical (unpaired) electrons. The average Bonchev–Trinajstić information content (AvgIpc) is 2.72. The van der Waals surface area contributed by atoms with Crippen molar-refractivity contribution < 1.29 is 4.74 Å². The molecule has 1 N–H and O–H groups in total. The Bertz CT molecular complexity index is 466. The van der Waals surface area contributed by atoms with Crippen LogP contribution in [0.2, 0.25) is 0 Å². The molecule has 1 aromatic carbocycles. The molecule has 0 aliphatic carbocycles. The molecule has 2 nitrogen and oxygen atoms in total. The molecule has 17 heavy (non-hydrogen) atoms. The Morgan fingerprint density at radius 2 is 2.35 bits per heavy atom. The molecule has 0 amide bonds. The van der Waals surface area contributed by atoms with Crippen molar-refractivity contribution in [2.24, 2.45) is 0 Å². The fourth-order valence-corrected chi connectivity index (χ4v) is 3.08. The maximum atomic E-state index is 6.11. The van der Waals surface area contributed by atoms with Gasteiger partial charge in [-0.25, -0.2) is 0 Å². The molecule has 1 aromatic rings. The average molecular weight is 229 g/mol. The van der Waals surface area contributed by atoms with Gasteiger partial charge in [0, 0.05) is 19.0 Å². The van der Waals surface area contributed by atoms with Crippen LogP contribution < -0.4 is 5.32 Å². The van der Waals surface area contributed by atoms with Gasteiger partial charge in [0.05, 0.1) is 12.2 Å². The molecule has 0 saturated carbocycles. The zero-order chi connectivity index (χ0) is 11.9. The summed E-state index contributed by atoms with van der Waals surface area (Å²) in [6.07, 6.45) is 4.27. The predicted molar refractivity (Wildman–Crippen MR) is 70.0 cm³/mol. The zero-order valence-electron chi connectivity index (χ0n) is 10.5. The Morgan fingerprint density at radius 3 is 3.18 bits per heavy atom. The maximum absolute atomic E-state index is 6.11. The Balaban J connectivity index is 2.10. The molecule has 2 atom stereocenters. The monoisotopic (exact) mass is 229 g/mol. The van der Waals surface area contributed by atoms with Gasteiger partial charge in [0.25, 0.3) is 0 Å². The predicted octanol–water partition coefficient (Wildman–Crippen LogP) is 2.70. The number of nitrogens with one attached hydrogen (secondary N) is 1. The van der Waals surface area contributed by atoms with Crippen molar-refractivity contribution >= 4 is 6.08 Å². The molecule has 0 bridgehead atoms. The first-order valence-corrected chi connectivity index (χ1v) is 6.34. The van der Waals surface area contributed by atoms with Crippen LogP contribution >= 0.6 is 0 Å². The van der Waals surface area contributed by atoms with Crippen molar-refractivity contribution in [1.29, 1.82) is 0 Å². The Hall–Kier alpha value is -1.12. The van der Waals surface area contributed by atoms with Gasteiger partial charge in [-0.2, -0.15) is 0 Å². The fourth-order valence-electron chi connectivity index (χ4n) is 3.08. The number of ether oxygens (including phenoxy) is 1. The quantitative estimate of drug-likeness (QED) is 0.799. The van der Waals surface area contributed by atoms with Gasteiger partial charge >= 0.3 is 0 Å². The SMILES string of the molecule is CC=Cc1cccc2c1CO[C@]1(C)CNC[C@H]21. The lowest BCUT2D eigenvalue weighted by atomic mass is 9.80. The molecular formula is C15H19NO. The van der Waals surface area contributed by atoms with E-state index in [0.29, 0.717) is 5.92 Å². The molecule has 1 fully saturated rings. The normalized spacial score (nSPS) is 31.5. The number of allylic oxidation sites excluding steroid dienone is 1. The minimum Gasteiger partial charge on any atom is -0.369 e. The van der Waals surface area contributed by atoms with Crippen LogP contribution in [0.4, 0.5) is 0 Å². The van der Waals surface area contributed by atoms with E-state index in [0.717, 1.165) is 19.7 Å². The lowest BCUT2D eigenvalue weighted by Crippen LogP contribution is -2.39. The van der Waals surface area contributed by atoms with E-state index < -0.39 is 0 Å². The summed E-state index contributed by atoms with van der Waals surface area (Å²) in [5.41, 5.74) is 4.14. The molecule has 0 unspecified atom stereocenters. The van der Waals surface area contributed by atoms with E-state index in [2.05, 4.69) is 49.5 Å². The summed E-state index contributed by atoms with van der Waals surface area (Å²) >= 11 is 0. The number of rotatable bonds is 1. The van der Waals surface area contributed by atoms with Crippen LogP contribution in [0.1, 0.15) is 36.5 Å². The molecule has 3 rings (SSSR count). The smallest absolute Gasteiger partial charge is 0.0863 e. The Kier molecular flexibility index (Phi) is 2.57. The third kappa shape index (κ3) is 1.63. The van der Waals surface area contributed by atoms with E-state index >= 15 is 0 Å². The van der Waals surface area contributed by atoms with E-state index in [1.165, 1.54) is 16.7 Å². The second-order valence-corrected chi connectivity index (χ2v) is 5.20. The van der Waals surface area contributed by atoms with Crippen molar-refractivity contribution in [3.8, 4) is 0 Å². The Labute approximate surface area is 103 Å². The highest BCUT2D eigenvalue weighted by atomic mass is 16.5. The van der Waals surface area contributed by atoms with Crippen LogP contribution in [0, 0.1) is 0 Å². The van der Waals surface area contributed by atoms with Crippen LogP contribution in [-0.4, -0.2) is 18.7 Å². The number of benzene rings is 1. The highest BCUT2D eigenvalue weighted by Gasteiger charge is 2.44. The van der Waals surface area contributed by atoms with Crippen LogP contribution in [0.3, 0.4) is 0 Å². The van der Waals surface area contributed by atoms with Gasteiger partial charge in [-0.05, 0) is 30.5 Å². The summed E-state index contributed by atoms with van der Waals surface area (Å²) in [6.45, 7) is 7.02. The molecule has 90 valence electrons. The van der Waals surface area contributed by atoms with Gasteiger partial charge < -0.3 is 10.1 Å². The van der Waals surface area contributed by atoms with E-state index in [-0.39, 0.29) is 5.60 Å².